The first-order valence-corrected chi connectivity index (χ1v) is 6.23. The van der Waals surface area contributed by atoms with E-state index < -0.39 is 6.04 Å². The quantitative estimate of drug-likeness (QED) is 0.861. The second-order valence-corrected chi connectivity index (χ2v) is 5.14. The predicted molar refractivity (Wildman–Crippen MR) is 72.6 cm³/mol. The van der Waals surface area contributed by atoms with Gasteiger partial charge in [-0.1, -0.05) is 32.1 Å². The van der Waals surface area contributed by atoms with E-state index in [1.807, 2.05) is 20.8 Å². The minimum absolute atomic E-state index is 0. The average Bonchev–Trinajstić information content (AvgIpc) is 2.64. The summed E-state index contributed by atoms with van der Waals surface area (Å²) in [6.07, 6.45) is 1.50. The fourth-order valence-corrected chi connectivity index (χ4v) is 1.94. The van der Waals surface area contributed by atoms with E-state index in [-0.39, 0.29) is 18.3 Å². The van der Waals surface area contributed by atoms with Crippen LogP contribution in [0.1, 0.15) is 32.2 Å². The van der Waals surface area contributed by atoms with Gasteiger partial charge in [0, 0.05) is 0 Å². The van der Waals surface area contributed by atoms with Gasteiger partial charge in [0.05, 0.1) is 6.04 Å². The molecule has 0 aliphatic heterocycles. The summed E-state index contributed by atoms with van der Waals surface area (Å²) in [5.74, 6) is 0.217. The van der Waals surface area contributed by atoms with E-state index in [1.165, 1.54) is 11.3 Å². The minimum atomic E-state index is -0.478. The van der Waals surface area contributed by atoms with Crippen LogP contribution in [0.4, 0.5) is 5.13 Å². The minimum Gasteiger partial charge on any atom is -0.320 e. The maximum Gasteiger partial charge on any atom is 0.243 e. The largest absolute Gasteiger partial charge is 0.320 e. The molecule has 0 unspecified atom stereocenters. The number of nitrogens with two attached hydrogens (primary N) is 1. The molecule has 0 aliphatic carbocycles. The van der Waals surface area contributed by atoms with Crippen molar-refractivity contribution in [3.8, 4) is 0 Å². The molecule has 0 saturated heterocycles. The van der Waals surface area contributed by atoms with Crippen LogP contribution in [-0.2, 0) is 11.2 Å². The van der Waals surface area contributed by atoms with Crippen molar-refractivity contribution in [2.75, 3.05) is 5.32 Å². The lowest BCUT2D eigenvalue weighted by atomic mass is 10.0. The first-order chi connectivity index (χ1) is 7.52. The van der Waals surface area contributed by atoms with E-state index in [1.54, 1.807) is 0 Å². The first-order valence-electron chi connectivity index (χ1n) is 5.41. The predicted octanol–water partition coefficient (Wildman–Crippen LogP) is 1.83. The summed E-state index contributed by atoms with van der Waals surface area (Å²) in [5.41, 5.74) is 5.75. The van der Waals surface area contributed by atoms with E-state index in [9.17, 15) is 4.79 Å². The summed E-state index contributed by atoms with van der Waals surface area (Å²) < 4.78 is 0. The van der Waals surface area contributed by atoms with Gasteiger partial charge in [0.1, 0.15) is 5.01 Å². The first kappa shape index (κ1) is 16.3. The van der Waals surface area contributed by atoms with Gasteiger partial charge < -0.3 is 5.73 Å². The van der Waals surface area contributed by atoms with Gasteiger partial charge in [-0.15, -0.1) is 22.6 Å². The molecule has 0 aromatic carbocycles. The van der Waals surface area contributed by atoms with Crippen LogP contribution in [0, 0.1) is 5.92 Å². The van der Waals surface area contributed by atoms with E-state index in [0.29, 0.717) is 17.5 Å². The molecular weight excluding hydrogens is 260 g/mol. The van der Waals surface area contributed by atoms with Crippen molar-refractivity contribution in [1.82, 2.24) is 10.2 Å². The lowest BCUT2D eigenvalue weighted by Gasteiger charge is -2.12. The molecule has 1 atom stereocenters. The summed E-state index contributed by atoms with van der Waals surface area (Å²) in [7, 11) is 0. The Morgan fingerprint density at radius 2 is 2.12 bits per heavy atom. The van der Waals surface area contributed by atoms with Crippen LogP contribution in [0.15, 0.2) is 0 Å². The number of amides is 1. The number of aromatic nitrogens is 2. The second kappa shape index (κ2) is 7.58. The van der Waals surface area contributed by atoms with Crippen LogP contribution in [0.5, 0.6) is 0 Å². The van der Waals surface area contributed by atoms with Gasteiger partial charge in [0.15, 0.2) is 0 Å². The molecule has 0 radical (unpaired) electrons. The van der Waals surface area contributed by atoms with E-state index >= 15 is 0 Å². The second-order valence-electron chi connectivity index (χ2n) is 4.08. The molecule has 5 nitrogen and oxygen atoms in total. The number of carbonyl (C=O) groups is 1. The van der Waals surface area contributed by atoms with Crippen LogP contribution in [-0.4, -0.2) is 22.1 Å². The third kappa shape index (κ3) is 5.43. The molecule has 1 heterocycles. The van der Waals surface area contributed by atoms with E-state index in [0.717, 1.165) is 11.4 Å². The molecule has 0 spiro atoms. The zero-order chi connectivity index (χ0) is 12.1. The van der Waals surface area contributed by atoms with Crippen LogP contribution in [0.25, 0.3) is 0 Å². The smallest absolute Gasteiger partial charge is 0.243 e. The molecule has 98 valence electrons. The number of rotatable bonds is 5. The Bertz CT molecular complexity index is 356. The molecule has 3 N–H and O–H groups in total. The summed E-state index contributed by atoms with van der Waals surface area (Å²) in [6.45, 7) is 6.07. The van der Waals surface area contributed by atoms with Crippen molar-refractivity contribution in [2.45, 2.75) is 39.7 Å². The molecule has 1 aromatic rings. The van der Waals surface area contributed by atoms with Crippen molar-refractivity contribution in [3.63, 3.8) is 0 Å². The fraction of sp³-hybridized carbons (Fsp3) is 0.700. The number of hydrogen-bond acceptors (Lipinski definition) is 5. The van der Waals surface area contributed by atoms with Crippen molar-refractivity contribution >= 4 is 34.8 Å². The molecule has 0 saturated carbocycles. The van der Waals surface area contributed by atoms with Gasteiger partial charge in [-0.05, 0) is 18.8 Å². The van der Waals surface area contributed by atoms with Gasteiger partial charge >= 0.3 is 0 Å². The number of anilines is 1. The summed E-state index contributed by atoms with van der Waals surface area (Å²) in [4.78, 5) is 11.6. The third-order valence-corrected chi connectivity index (χ3v) is 3.04. The summed E-state index contributed by atoms with van der Waals surface area (Å²) >= 11 is 1.39. The number of hydrogen-bond donors (Lipinski definition) is 2. The van der Waals surface area contributed by atoms with Gasteiger partial charge in [0.25, 0.3) is 0 Å². The number of halogens is 1. The summed E-state index contributed by atoms with van der Waals surface area (Å²) in [5, 5.41) is 11.9. The van der Waals surface area contributed by atoms with E-state index in [4.69, 9.17) is 5.73 Å². The van der Waals surface area contributed by atoms with Gasteiger partial charge in [0.2, 0.25) is 11.0 Å². The van der Waals surface area contributed by atoms with Crippen molar-refractivity contribution in [1.29, 1.82) is 0 Å². The Morgan fingerprint density at radius 3 is 2.59 bits per heavy atom. The number of carbonyl (C=O) groups excluding carboxylic acids is 1. The Balaban J connectivity index is 0.00000256. The topological polar surface area (TPSA) is 80.9 Å². The molecule has 17 heavy (non-hydrogen) atoms. The fourth-order valence-electron chi connectivity index (χ4n) is 1.26. The van der Waals surface area contributed by atoms with Crippen molar-refractivity contribution in [3.05, 3.63) is 5.01 Å². The average molecular weight is 279 g/mol. The number of nitrogens with zero attached hydrogens (tertiary/aromatic N) is 2. The van der Waals surface area contributed by atoms with Crippen LogP contribution in [0.2, 0.25) is 0 Å². The molecule has 1 aromatic heterocycles. The van der Waals surface area contributed by atoms with Crippen molar-refractivity contribution in [2.24, 2.45) is 11.7 Å². The Hall–Kier alpha value is -0.720. The zero-order valence-corrected chi connectivity index (χ0v) is 11.9. The van der Waals surface area contributed by atoms with Crippen LogP contribution < -0.4 is 11.1 Å². The van der Waals surface area contributed by atoms with Crippen LogP contribution in [0.3, 0.4) is 0 Å². The Morgan fingerprint density at radius 1 is 1.47 bits per heavy atom. The molecule has 0 bridgehead atoms. The highest BCUT2D eigenvalue weighted by molar-refractivity contribution is 7.15. The maximum absolute atomic E-state index is 11.6. The molecule has 0 aliphatic rings. The SMILES string of the molecule is CCc1nnc(NC(=O)[C@@H](N)CC(C)C)s1.Cl. The van der Waals surface area contributed by atoms with Gasteiger partial charge in [-0.25, -0.2) is 0 Å². The molecule has 0 fully saturated rings. The van der Waals surface area contributed by atoms with E-state index in [2.05, 4.69) is 15.5 Å². The molecular formula is C10H19ClN4OS. The molecule has 1 rings (SSSR count). The lowest BCUT2D eigenvalue weighted by Crippen LogP contribution is -2.36. The zero-order valence-electron chi connectivity index (χ0n) is 10.3. The highest BCUT2D eigenvalue weighted by atomic mass is 35.5. The lowest BCUT2D eigenvalue weighted by molar-refractivity contribution is -0.117. The highest BCUT2D eigenvalue weighted by Gasteiger charge is 2.16. The number of aryl methyl sites for hydroxylation is 1. The normalized spacial score (nSPS) is 12.1. The standard InChI is InChI=1S/C10H18N4OS.ClH/c1-4-8-13-14-10(16-8)12-9(15)7(11)5-6(2)3;/h6-7H,4-5,11H2,1-3H3,(H,12,14,15);1H/t7-;/m0./s1. The molecule has 1 amide bonds. The third-order valence-electron chi connectivity index (χ3n) is 2.06. The van der Waals surface area contributed by atoms with Crippen LogP contribution >= 0.6 is 23.7 Å². The monoisotopic (exact) mass is 278 g/mol. The van der Waals surface area contributed by atoms with Gasteiger partial charge in [-0.2, -0.15) is 0 Å². The van der Waals surface area contributed by atoms with Crippen molar-refractivity contribution < 1.29 is 4.79 Å². The Kier molecular flexibility index (Phi) is 7.26. The molecule has 7 heteroatoms. The maximum atomic E-state index is 11.6. The summed E-state index contributed by atoms with van der Waals surface area (Å²) in [6, 6.07) is -0.478. The Labute approximate surface area is 112 Å². The highest BCUT2D eigenvalue weighted by Crippen LogP contribution is 2.16. The number of nitrogens with one attached hydrogen (secondary N) is 1. The van der Waals surface area contributed by atoms with Gasteiger partial charge in [-0.3, -0.25) is 10.1 Å².